The molecule has 1 heterocycles. The highest BCUT2D eigenvalue weighted by Gasteiger charge is 2.45. The summed E-state index contributed by atoms with van der Waals surface area (Å²) in [5, 5.41) is 3.53. The zero-order valence-electron chi connectivity index (χ0n) is 14.9. The number of carbonyl (C=O) groups excluding carboxylic acids is 2. The molecule has 3 aliphatic rings. The van der Waals surface area contributed by atoms with Crippen LogP contribution in [0.15, 0.2) is 90.0 Å². The van der Waals surface area contributed by atoms with E-state index in [0.29, 0.717) is 22.3 Å². The predicted molar refractivity (Wildman–Crippen MR) is 108 cm³/mol. The van der Waals surface area contributed by atoms with Crippen LogP contribution in [0.4, 0.5) is 0 Å². The Kier molecular flexibility index (Phi) is 2.96. The highest BCUT2D eigenvalue weighted by atomic mass is 16.1. The topological polar surface area (TPSA) is 46.2 Å². The van der Waals surface area contributed by atoms with Crippen molar-refractivity contribution < 1.29 is 9.59 Å². The summed E-state index contributed by atoms with van der Waals surface area (Å²) in [4.78, 5) is 26.7. The molecule has 1 aliphatic heterocycles. The lowest BCUT2D eigenvalue weighted by molar-refractivity contribution is 0.103. The molecule has 0 saturated heterocycles. The van der Waals surface area contributed by atoms with Gasteiger partial charge in [0.15, 0.2) is 11.6 Å². The van der Waals surface area contributed by atoms with Gasteiger partial charge in [-0.3, -0.25) is 9.59 Å². The Morgan fingerprint density at radius 3 is 2.04 bits per heavy atom. The molecule has 3 nitrogen and oxygen atoms in total. The summed E-state index contributed by atoms with van der Waals surface area (Å²) in [5.74, 6) is -0.0195. The Hall–Kier alpha value is -3.72. The zero-order chi connectivity index (χ0) is 18.8. The van der Waals surface area contributed by atoms with Crippen molar-refractivity contribution in [3.8, 4) is 0 Å². The second kappa shape index (κ2) is 5.40. The molecule has 0 spiro atoms. The second-order valence-electron chi connectivity index (χ2n) is 7.27. The summed E-state index contributed by atoms with van der Waals surface area (Å²) in [6, 6.07) is 24.9. The maximum atomic E-state index is 13.4. The Morgan fingerprint density at radius 1 is 0.607 bits per heavy atom. The third-order valence-corrected chi connectivity index (χ3v) is 5.84. The summed E-state index contributed by atoms with van der Waals surface area (Å²) in [6.07, 6.45) is 0. The number of rotatable bonds is 1. The van der Waals surface area contributed by atoms with Crippen LogP contribution in [-0.4, -0.2) is 11.6 Å². The van der Waals surface area contributed by atoms with Gasteiger partial charge in [-0.2, -0.15) is 0 Å². The summed E-state index contributed by atoms with van der Waals surface area (Å²) < 4.78 is 0. The molecule has 0 amide bonds. The van der Waals surface area contributed by atoms with E-state index in [9.17, 15) is 9.59 Å². The van der Waals surface area contributed by atoms with Gasteiger partial charge in [-0.25, -0.2) is 0 Å². The van der Waals surface area contributed by atoms with Crippen LogP contribution in [0.25, 0.3) is 11.3 Å². The first-order valence-corrected chi connectivity index (χ1v) is 9.34. The number of allylic oxidation sites excluding steroid dienone is 2. The minimum absolute atomic E-state index is 0.00209. The van der Waals surface area contributed by atoms with Gasteiger partial charge in [-0.1, -0.05) is 78.9 Å². The van der Waals surface area contributed by atoms with E-state index in [2.05, 4.69) is 5.32 Å². The SMILES string of the molecule is O=C1C2=C(NC3C(=C2c2ccccc2)C(=O)c2ccccc23)c2ccccc21. The second-order valence-corrected chi connectivity index (χ2v) is 7.27. The van der Waals surface area contributed by atoms with E-state index in [1.165, 1.54) is 0 Å². The van der Waals surface area contributed by atoms with Gasteiger partial charge in [-0.05, 0) is 11.1 Å². The molecule has 2 aliphatic carbocycles. The molecule has 1 N–H and O–H groups in total. The molecule has 0 fully saturated rings. The van der Waals surface area contributed by atoms with Crippen molar-refractivity contribution in [2.24, 2.45) is 0 Å². The van der Waals surface area contributed by atoms with Gasteiger partial charge in [0.05, 0.1) is 17.3 Å². The largest absolute Gasteiger partial charge is 0.373 e. The molecule has 132 valence electrons. The van der Waals surface area contributed by atoms with E-state index >= 15 is 0 Å². The number of dihydropyridines is 1. The Morgan fingerprint density at radius 2 is 1.25 bits per heavy atom. The van der Waals surface area contributed by atoms with Crippen LogP contribution >= 0.6 is 0 Å². The average molecular weight is 361 g/mol. The first kappa shape index (κ1) is 15.3. The average Bonchev–Trinajstić information content (AvgIpc) is 3.20. The molecular weight excluding hydrogens is 346 g/mol. The minimum atomic E-state index is -0.239. The Labute approximate surface area is 162 Å². The van der Waals surface area contributed by atoms with Gasteiger partial charge in [0, 0.05) is 27.8 Å². The van der Waals surface area contributed by atoms with Gasteiger partial charge in [0.2, 0.25) is 0 Å². The number of nitrogens with one attached hydrogen (secondary N) is 1. The van der Waals surface area contributed by atoms with Crippen LogP contribution in [0.5, 0.6) is 0 Å². The number of carbonyl (C=O) groups is 2. The van der Waals surface area contributed by atoms with Crippen LogP contribution in [0, 0.1) is 0 Å². The third kappa shape index (κ3) is 1.83. The van der Waals surface area contributed by atoms with Crippen LogP contribution < -0.4 is 5.32 Å². The highest BCUT2D eigenvalue weighted by Crippen LogP contribution is 2.50. The summed E-state index contributed by atoms with van der Waals surface area (Å²) in [5.41, 5.74) is 7.07. The lowest BCUT2D eigenvalue weighted by Crippen LogP contribution is -2.26. The van der Waals surface area contributed by atoms with Gasteiger partial charge in [0.25, 0.3) is 0 Å². The van der Waals surface area contributed by atoms with E-state index in [4.69, 9.17) is 0 Å². The first-order valence-electron chi connectivity index (χ1n) is 9.34. The lowest BCUT2D eigenvalue weighted by Gasteiger charge is -2.27. The normalized spacial score (nSPS) is 19.2. The third-order valence-electron chi connectivity index (χ3n) is 5.84. The Bertz CT molecular complexity index is 1260. The molecule has 0 radical (unpaired) electrons. The van der Waals surface area contributed by atoms with Gasteiger partial charge < -0.3 is 5.32 Å². The van der Waals surface area contributed by atoms with Crippen molar-refractivity contribution >= 4 is 22.8 Å². The van der Waals surface area contributed by atoms with Gasteiger partial charge >= 0.3 is 0 Å². The smallest absolute Gasteiger partial charge is 0.196 e. The number of fused-ring (bicyclic) bond motifs is 5. The molecule has 6 rings (SSSR count). The maximum absolute atomic E-state index is 13.4. The molecule has 3 heteroatoms. The maximum Gasteiger partial charge on any atom is 0.196 e. The quantitative estimate of drug-likeness (QED) is 0.690. The molecular formula is C25H15NO2. The number of hydrogen-bond donors (Lipinski definition) is 1. The lowest BCUT2D eigenvalue weighted by atomic mass is 9.85. The summed E-state index contributed by atoms with van der Waals surface area (Å²) >= 11 is 0. The van der Waals surface area contributed by atoms with E-state index in [1.807, 2.05) is 78.9 Å². The van der Waals surface area contributed by atoms with Crippen LogP contribution in [0.2, 0.25) is 0 Å². The van der Waals surface area contributed by atoms with Gasteiger partial charge in [0.1, 0.15) is 0 Å². The predicted octanol–water partition coefficient (Wildman–Crippen LogP) is 4.59. The molecule has 0 saturated carbocycles. The van der Waals surface area contributed by atoms with E-state index < -0.39 is 0 Å². The van der Waals surface area contributed by atoms with Crippen LogP contribution in [0.1, 0.15) is 43.4 Å². The molecule has 1 atom stereocenters. The molecule has 0 aromatic heterocycles. The molecule has 1 unspecified atom stereocenters. The van der Waals surface area contributed by atoms with Crippen molar-refractivity contribution in [1.29, 1.82) is 0 Å². The number of Topliss-reactive ketones (excluding diaryl/α,β-unsaturated/α-hetero) is 2. The zero-order valence-corrected chi connectivity index (χ0v) is 14.9. The van der Waals surface area contributed by atoms with Gasteiger partial charge in [-0.15, -0.1) is 0 Å². The highest BCUT2D eigenvalue weighted by molar-refractivity contribution is 6.33. The number of ketones is 2. The minimum Gasteiger partial charge on any atom is -0.373 e. The van der Waals surface area contributed by atoms with Crippen molar-refractivity contribution in [3.05, 3.63) is 118 Å². The summed E-state index contributed by atoms with van der Waals surface area (Å²) in [6.45, 7) is 0. The fraction of sp³-hybridized carbons (Fsp3) is 0.0400. The number of benzene rings is 3. The van der Waals surface area contributed by atoms with E-state index in [-0.39, 0.29) is 17.6 Å². The van der Waals surface area contributed by atoms with E-state index in [0.717, 1.165) is 28.0 Å². The Balaban J connectivity index is 1.70. The standard InChI is InChI=1S/C25H15NO2/c27-24-17-12-6-4-10-15(17)22-20(24)19(14-8-2-1-3-9-14)21-23(26-22)16-11-5-7-13-18(16)25(21)28/h1-13,22,26H. The summed E-state index contributed by atoms with van der Waals surface area (Å²) in [7, 11) is 0. The monoisotopic (exact) mass is 361 g/mol. The fourth-order valence-electron chi connectivity index (χ4n) is 4.65. The molecule has 3 aromatic rings. The molecule has 28 heavy (non-hydrogen) atoms. The van der Waals surface area contributed by atoms with E-state index in [1.54, 1.807) is 0 Å². The van der Waals surface area contributed by atoms with Crippen molar-refractivity contribution in [2.45, 2.75) is 6.04 Å². The van der Waals surface area contributed by atoms with Crippen LogP contribution in [-0.2, 0) is 0 Å². The van der Waals surface area contributed by atoms with Crippen molar-refractivity contribution in [1.82, 2.24) is 5.32 Å². The number of hydrogen-bond acceptors (Lipinski definition) is 3. The molecule has 3 aromatic carbocycles. The fourth-order valence-corrected chi connectivity index (χ4v) is 4.65. The van der Waals surface area contributed by atoms with Crippen molar-refractivity contribution in [3.63, 3.8) is 0 Å². The van der Waals surface area contributed by atoms with Crippen LogP contribution in [0.3, 0.4) is 0 Å². The molecule has 0 bridgehead atoms. The van der Waals surface area contributed by atoms with Crippen molar-refractivity contribution in [2.75, 3.05) is 0 Å². The first-order chi connectivity index (χ1) is 13.8.